The zero-order valence-corrected chi connectivity index (χ0v) is 14.5. The number of ether oxygens (including phenoxy) is 1. The Morgan fingerprint density at radius 3 is 2.84 bits per heavy atom. The first-order valence-corrected chi connectivity index (χ1v) is 9.47. The molecule has 0 radical (unpaired) electrons. The van der Waals surface area contributed by atoms with Crippen molar-refractivity contribution in [3.8, 4) is 11.4 Å². The van der Waals surface area contributed by atoms with E-state index >= 15 is 0 Å². The highest BCUT2D eigenvalue weighted by molar-refractivity contribution is 7.99. The molecule has 25 heavy (non-hydrogen) atoms. The van der Waals surface area contributed by atoms with E-state index in [9.17, 15) is 9.18 Å². The number of hydrogen-bond donors (Lipinski definition) is 0. The lowest BCUT2D eigenvalue weighted by molar-refractivity contribution is 0.158. The Kier molecular flexibility index (Phi) is 4.61. The summed E-state index contributed by atoms with van der Waals surface area (Å²) in [5.41, 5.74) is 0.494. The molecular weight excluding hydrogens is 343 g/mol. The third-order valence-corrected chi connectivity index (χ3v) is 5.37. The van der Waals surface area contributed by atoms with Gasteiger partial charge in [0.1, 0.15) is 12.4 Å². The second-order valence-electron chi connectivity index (χ2n) is 6.19. The molecule has 1 aromatic carbocycles. The molecule has 2 aromatic rings. The second-order valence-corrected chi connectivity index (χ2v) is 7.25. The molecule has 1 aromatic heterocycles. The fourth-order valence-electron chi connectivity index (χ4n) is 2.91. The van der Waals surface area contributed by atoms with E-state index in [2.05, 4.69) is 14.8 Å². The molecule has 1 aliphatic heterocycles. The van der Waals surface area contributed by atoms with Crippen LogP contribution in [0.25, 0.3) is 11.4 Å². The van der Waals surface area contributed by atoms with Gasteiger partial charge in [0, 0.05) is 18.3 Å². The first-order chi connectivity index (χ1) is 12.2. The van der Waals surface area contributed by atoms with Gasteiger partial charge in [-0.05, 0) is 31.4 Å². The highest BCUT2D eigenvalue weighted by Crippen LogP contribution is 2.41. The number of thioether (sulfide) groups is 1. The maximum absolute atomic E-state index is 14.1. The van der Waals surface area contributed by atoms with Crippen LogP contribution < -0.4 is 0 Å². The summed E-state index contributed by atoms with van der Waals surface area (Å²) in [6.45, 7) is 1.83. The first kappa shape index (κ1) is 16.4. The van der Waals surface area contributed by atoms with Gasteiger partial charge in [0.25, 0.3) is 0 Å². The summed E-state index contributed by atoms with van der Waals surface area (Å²) in [4.78, 5) is 13.1. The van der Waals surface area contributed by atoms with Crippen molar-refractivity contribution in [3.05, 3.63) is 30.1 Å². The number of carbonyl (C=O) groups is 1. The highest BCUT2D eigenvalue weighted by Gasteiger charge is 2.31. The van der Waals surface area contributed by atoms with Crippen molar-refractivity contribution in [2.45, 2.75) is 30.5 Å². The molecule has 2 heterocycles. The molecule has 0 atom stereocenters. The van der Waals surface area contributed by atoms with E-state index in [0.29, 0.717) is 37.1 Å². The van der Waals surface area contributed by atoms with Crippen LogP contribution in [0.15, 0.2) is 29.4 Å². The summed E-state index contributed by atoms with van der Waals surface area (Å²) in [5.74, 6) is 1.15. The summed E-state index contributed by atoms with van der Waals surface area (Å²) in [6.07, 6.45) is 2.78. The van der Waals surface area contributed by atoms with E-state index < -0.39 is 0 Å². The zero-order valence-electron chi connectivity index (χ0n) is 13.7. The maximum Gasteiger partial charge on any atom is 0.409 e. The van der Waals surface area contributed by atoms with Gasteiger partial charge in [0.15, 0.2) is 11.0 Å². The highest BCUT2D eigenvalue weighted by atomic mass is 32.2. The molecule has 0 N–H and O–H groups in total. The van der Waals surface area contributed by atoms with Crippen LogP contribution >= 0.6 is 11.8 Å². The number of benzene rings is 1. The molecule has 8 heteroatoms. The fraction of sp³-hybridized carbons (Fsp3) is 0.471. The third-order valence-electron chi connectivity index (χ3n) is 4.34. The lowest BCUT2D eigenvalue weighted by Gasteiger charge is -2.12. The predicted molar refractivity (Wildman–Crippen MR) is 91.9 cm³/mol. The number of aromatic nitrogens is 3. The van der Waals surface area contributed by atoms with Crippen LogP contribution in [0.1, 0.15) is 25.3 Å². The number of cyclic esters (lactones) is 1. The molecule has 2 aliphatic rings. The van der Waals surface area contributed by atoms with Gasteiger partial charge in [-0.1, -0.05) is 23.9 Å². The number of halogens is 1. The Balaban J connectivity index is 1.44. The molecule has 2 fully saturated rings. The van der Waals surface area contributed by atoms with Crippen LogP contribution in [0.5, 0.6) is 0 Å². The summed E-state index contributed by atoms with van der Waals surface area (Å²) >= 11 is 1.61. The minimum atomic E-state index is -0.277. The number of carbonyl (C=O) groups excluding carboxylic acids is 1. The molecule has 0 spiro atoms. The molecular formula is C17H19FN4O2S. The Morgan fingerprint density at radius 2 is 2.12 bits per heavy atom. The van der Waals surface area contributed by atoms with Gasteiger partial charge in [0.2, 0.25) is 0 Å². The standard InChI is InChI=1S/C17H19FN4O2S/c18-14-5-2-1-4-13(14)15-19-20-16(22(15)12-6-7-12)25-11-3-8-21-9-10-24-17(21)23/h1-2,4-5,12H,3,6-11H2. The molecule has 4 rings (SSSR count). The zero-order chi connectivity index (χ0) is 17.2. The van der Waals surface area contributed by atoms with Gasteiger partial charge in [-0.25, -0.2) is 9.18 Å². The molecule has 1 saturated carbocycles. The Hall–Kier alpha value is -2.09. The van der Waals surface area contributed by atoms with Gasteiger partial charge in [-0.15, -0.1) is 10.2 Å². The van der Waals surface area contributed by atoms with Crippen LogP contribution in [0.4, 0.5) is 9.18 Å². The van der Waals surface area contributed by atoms with E-state index in [-0.39, 0.29) is 11.9 Å². The van der Waals surface area contributed by atoms with Crippen LogP contribution in [0, 0.1) is 5.82 Å². The van der Waals surface area contributed by atoms with Crippen LogP contribution in [0.3, 0.4) is 0 Å². The molecule has 1 saturated heterocycles. The van der Waals surface area contributed by atoms with Crippen molar-refractivity contribution in [2.24, 2.45) is 0 Å². The Bertz CT molecular complexity index is 778. The van der Waals surface area contributed by atoms with Crippen LogP contribution in [-0.4, -0.2) is 51.2 Å². The quantitative estimate of drug-likeness (QED) is 0.558. The normalized spacial score (nSPS) is 17.2. The smallest absolute Gasteiger partial charge is 0.409 e. The van der Waals surface area contributed by atoms with Gasteiger partial charge < -0.3 is 9.64 Å². The average molecular weight is 362 g/mol. The predicted octanol–water partition coefficient (Wildman–Crippen LogP) is 3.35. The van der Waals surface area contributed by atoms with Gasteiger partial charge in [-0.3, -0.25) is 4.57 Å². The second kappa shape index (κ2) is 7.03. The van der Waals surface area contributed by atoms with E-state index in [1.54, 1.807) is 28.8 Å². The summed E-state index contributed by atoms with van der Waals surface area (Å²) < 4.78 is 21.1. The Morgan fingerprint density at radius 1 is 1.28 bits per heavy atom. The number of hydrogen-bond acceptors (Lipinski definition) is 5. The topological polar surface area (TPSA) is 60.2 Å². The lowest BCUT2D eigenvalue weighted by atomic mass is 10.2. The SMILES string of the molecule is O=C1OCCN1CCCSc1nnc(-c2ccccc2F)n1C1CC1. The van der Waals surface area contributed by atoms with Gasteiger partial charge >= 0.3 is 6.09 Å². The van der Waals surface area contributed by atoms with Gasteiger partial charge in [-0.2, -0.15) is 0 Å². The van der Waals surface area contributed by atoms with Crippen LogP contribution in [0.2, 0.25) is 0 Å². The van der Waals surface area contributed by atoms with Crippen molar-refractivity contribution in [1.82, 2.24) is 19.7 Å². The molecule has 1 amide bonds. The maximum atomic E-state index is 14.1. The first-order valence-electron chi connectivity index (χ1n) is 8.48. The average Bonchev–Trinajstić information content (AvgIpc) is 3.24. The number of amides is 1. The van der Waals surface area contributed by atoms with Crippen LogP contribution in [-0.2, 0) is 4.74 Å². The molecule has 132 valence electrons. The van der Waals surface area contributed by atoms with E-state index in [1.165, 1.54) is 6.07 Å². The molecule has 6 nitrogen and oxygen atoms in total. The number of rotatable bonds is 7. The minimum absolute atomic E-state index is 0.229. The molecule has 0 bridgehead atoms. The fourth-order valence-corrected chi connectivity index (χ4v) is 3.84. The van der Waals surface area contributed by atoms with E-state index in [0.717, 1.165) is 30.2 Å². The number of nitrogens with zero attached hydrogens (tertiary/aromatic N) is 4. The largest absolute Gasteiger partial charge is 0.448 e. The van der Waals surface area contributed by atoms with Crippen molar-refractivity contribution in [2.75, 3.05) is 25.4 Å². The van der Waals surface area contributed by atoms with E-state index in [4.69, 9.17) is 4.74 Å². The third kappa shape index (κ3) is 3.49. The van der Waals surface area contributed by atoms with Crippen molar-refractivity contribution < 1.29 is 13.9 Å². The van der Waals surface area contributed by atoms with Crippen molar-refractivity contribution in [3.63, 3.8) is 0 Å². The summed E-state index contributed by atoms with van der Waals surface area (Å²) in [6, 6.07) is 7.04. The summed E-state index contributed by atoms with van der Waals surface area (Å²) in [5, 5.41) is 9.35. The minimum Gasteiger partial charge on any atom is -0.448 e. The van der Waals surface area contributed by atoms with Gasteiger partial charge in [0.05, 0.1) is 12.1 Å². The monoisotopic (exact) mass is 362 g/mol. The summed E-state index contributed by atoms with van der Waals surface area (Å²) in [7, 11) is 0. The van der Waals surface area contributed by atoms with Crippen molar-refractivity contribution >= 4 is 17.9 Å². The van der Waals surface area contributed by atoms with Crippen molar-refractivity contribution in [1.29, 1.82) is 0 Å². The molecule has 0 unspecified atom stereocenters. The lowest BCUT2D eigenvalue weighted by Crippen LogP contribution is -2.25. The van der Waals surface area contributed by atoms with E-state index in [1.807, 2.05) is 6.07 Å². The molecule has 1 aliphatic carbocycles. The Labute approximate surface area is 149 Å².